The fraction of sp³-hybridized carbons (Fsp3) is 0.538. The van der Waals surface area contributed by atoms with Crippen molar-refractivity contribution in [1.82, 2.24) is 10.2 Å². The lowest BCUT2D eigenvalue weighted by molar-refractivity contribution is 0.0384. The monoisotopic (exact) mass is 272 g/mol. The van der Waals surface area contributed by atoms with Gasteiger partial charge in [-0.1, -0.05) is 0 Å². The predicted molar refractivity (Wildman–Crippen MR) is 67.0 cm³/mol. The first-order chi connectivity index (χ1) is 9.16. The summed E-state index contributed by atoms with van der Waals surface area (Å²) in [5, 5.41) is 12.1. The van der Waals surface area contributed by atoms with E-state index in [1.54, 1.807) is 0 Å². The number of ether oxygens (including phenoxy) is 1. The van der Waals surface area contributed by atoms with Gasteiger partial charge in [0, 0.05) is 32.7 Å². The molecule has 0 bridgehead atoms. The van der Waals surface area contributed by atoms with Crippen LogP contribution in [0.4, 0.5) is 8.78 Å². The first-order valence-electron chi connectivity index (χ1n) is 6.34. The summed E-state index contributed by atoms with van der Waals surface area (Å²) in [5.41, 5.74) is 0.481. The standard InChI is InChI=1S/C13H18F2N2O2/c14-11-7-10(8-12(15)13(11)18)9-16-1-2-17-3-5-19-6-4-17/h7-8,16,18H,1-6,9H2. The van der Waals surface area contributed by atoms with Crippen LogP contribution in [0.2, 0.25) is 0 Å². The Morgan fingerprint density at radius 1 is 1.21 bits per heavy atom. The van der Waals surface area contributed by atoms with Gasteiger partial charge in [-0.2, -0.15) is 0 Å². The molecule has 0 aromatic heterocycles. The lowest BCUT2D eigenvalue weighted by atomic mass is 10.2. The molecule has 1 aliphatic heterocycles. The Labute approximate surface area is 111 Å². The third kappa shape index (κ3) is 4.12. The normalized spacial score (nSPS) is 16.7. The number of morpholine rings is 1. The minimum atomic E-state index is -0.926. The van der Waals surface area contributed by atoms with Crippen LogP contribution in [0.5, 0.6) is 5.75 Å². The number of hydrogen-bond acceptors (Lipinski definition) is 4. The molecule has 0 spiro atoms. The van der Waals surface area contributed by atoms with Gasteiger partial charge in [0.15, 0.2) is 17.4 Å². The van der Waals surface area contributed by atoms with Crippen molar-refractivity contribution in [2.75, 3.05) is 39.4 Å². The summed E-state index contributed by atoms with van der Waals surface area (Å²) in [6.07, 6.45) is 0. The summed E-state index contributed by atoms with van der Waals surface area (Å²) in [6, 6.07) is 2.28. The third-order valence-electron chi connectivity index (χ3n) is 3.11. The second kappa shape index (κ2) is 6.79. The van der Waals surface area contributed by atoms with Gasteiger partial charge < -0.3 is 15.2 Å². The molecule has 0 amide bonds. The van der Waals surface area contributed by atoms with E-state index in [9.17, 15) is 8.78 Å². The highest BCUT2D eigenvalue weighted by molar-refractivity contribution is 5.29. The van der Waals surface area contributed by atoms with Gasteiger partial charge in [0.1, 0.15) is 0 Å². The van der Waals surface area contributed by atoms with E-state index in [0.717, 1.165) is 51.5 Å². The number of phenolic OH excluding ortho intramolecular Hbond substituents is 1. The molecule has 0 unspecified atom stereocenters. The maximum atomic E-state index is 13.1. The van der Waals surface area contributed by atoms with Crippen LogP contribution in [0.3, 0.4) is 0 Å². The number of rotatable bonds is 5. The van der Waals surface area contributed by atoms with E-state index in [-0.39, 0.29) is 0 Å². The molecule has 1 heterocycles. The van der Waals surface area contributed by atoms with Crippen molar-refractivity contribution in [3.05, 3.63) is 29.3 Å². The molecule has 19 heavy (non-hydrogen) atoms. The van der Waals surface area contributed by atoms with Gasteiger partial charge in [0.2, 0.25) is 0 Å². The van der Waals surface area contributed by atoms with Gasteiger partial charge in [-0.05, 0) is 17.7 Å². The fourth-order valence-electron chi connectivity index (χ4n) is 2.01. The molecule has 1 fully saturated rings. The maximum absolute atomic E-state index is 13.1. The Bertz CT molecular complexity index is 400. The molecule has 4 nitrogen and oxygen atoms in total. The van der Waals surface area contributed by atoms with E-state index in [2.05, 4.69) is 10.2 Å². The van der Waals surface area contributed by atoms with E-state index < -0.39 is 17.4 Å². The number of hydrogen-bond donors (Lipinski definition) is 2. The van der Waals surface area contributed by atoms with Gasteiger partial charge in [0.25, 0.3) is 0 Å². The second-order valence-electron chi connectivity index (χ2n) is 4.54. The lowest BCUT2D eigenvalue weighted by Gasteiger charge is -2.26. The summed E-state index contributed by atoms with van der Waals surface area (Å²) >= 11 is 0. The second-order valence-corrected chi connectivity index (χ2v) is 4.54. The SMILES string of the molecule is Oc1c(F)cc(CNCCN2CCOCC2)cc1F. The van der Waals surface area contributed by atoms with Gasteiger partial charge in [0.05, 0.1) is 13.2 Å². The number of phenols is 1. The molecule has 1 aliphatic rings. The average Bonchev–Trinajstić information content (AvgIpc) is 2.42. The Balaban J connectivity index is 1.73. The molecule has 0 radical (unpaired) electrons. The van der Waals surface area contributed by atoms with Crippen molar-refractivity contribution in [3.8, 4) is 5.75 Å². The number of nitrogens with one attached hydrogen (secondary N) is 1. The summed E-state index contributed by atoms with van der Waals surface area (Å²) < 4.78 is 31.4. The van der Waals surface area contributed by atoms with Crippen LogP contribution in [0.15, 0.2) is 12.1 Å². The zero-order valence-electron chi connectivity index (χ0n) is 10.7. The molecular weight excluding hydrogens is 254 g/mol. The van der Waals surface area contributed by atoms with Crippen molar-refractivity contribution in [1.29, 1.82) is 0 Å². The summed E-state index contributed by atoms with van der Waals surface area (Å²) in [7, 11) is 0. The van der Waals surface area contributed by atoms with Crippen molar-refractivity contribution in [2.45, 2.75) is 6.54 Å². The van der Waals surface area contributed by atoms with Crippen molar-refractivity contribution in [2.24, 2.45) is 0 Å². The van der Waals surface area contributed by atoms with Crippen LogP contribution in [-0.2, 0) is 11.3 Å². The van der Waals surface area contributed by atoms with Gasteiger partial charge >= 0.3 is 0 Å². The molecule has 0 saturated carbocycles. The molecular formula is C13H18F2N2O2. The highest BCUT2D eigenvalue weighted by Crippen LogP contribution is 2.21. The molecule has 6 heteroatoms. The van der Waals surface area contributed by atoms with Crippen LogP contribution in [0.25, 0.3) is 0 Å². The minimum Gasteiger partial charge on any atom is -0.503 e. The molecule has 1 aromatic rings. The number of benzene rings is 1. The van der Waals surface area contributed by atoms with Crippen LogP contribution in [0, 0.1) is 11.6 Å². The van der Waals surface area contributed by atoms with Crippen LogP contribution >= 0.6 is 0 Å². The topological polar surface area (TPSA) is 44.7 Å². The summed E-state index contributed by atoms with van der Waals surface area (Å²) in [6.45, 7) is 5.35. The predicted octanol–water partition coefficient (Wildman–Crippen LogP) is 1.09. The van der Waals surface area contributed by atoms with E-state index in [4.69, 9.17) is 9.84 Å². The molecule has 0 atom stereocenters. The van der Waals surface area contributed by atoms with E-state index in [1.165, 1.54) is 0 Å². The molecule has 1 saturated heterocycles. The Hall–Kier alpha value is -1.24. The van der Waals surface area contributed by atoms with Gasteiger partial charge in [-0.3, -0.25) is 4.90 Å². The molecule has 1 aromatic carbocycles. The van der Waals surface area contributed by atoms with Gasteiger partial charge in [-0.15, -0.1) is 0 Å². The fourth-order valence-corrected chi connectivity index (χ4v) is 2.01. The van der Waals surface area contributed by atoms with Crippen molar-refractivity contribution < 1.29 is 18.6 Å². The van der Waals surface area contributed by atoms with Crippen molar-refractivity contribution in [3.63, 3.8) is 0 Å². The minimum absolute atomic E-state index is 0.373. The van der Waals surface area contributed by atoms with E-state index >= 15 is 0 Å². The Morgan fingerprint density at radius 2 is 1.84 bits per heavy atom. The van der Waals surface area contributed by atoms with Gasteiger partial charge in [-0.25, -0.2) is 8.78 Å². The average molecular weight is 272 g/mol. The highest BCUT2D eigenvalue weighted by Gasteiger charge is 2.10. The summed E-state index contributed by atoms with van der Waals surface area (Å²) in [4.78, 5) is 2.27. The third-order valence-corrected chi connectivity index (χ3v) is 3.11. The van der Waals surface area contributed by atoms with Crippen LogP contribution < -0.4 is 5.32 Å². The number of aromatic hydroxyl groups is 1. The maximum Gasteiger partial charge on any atom is 0.187 e. The molecule has 2 N–H and O–H groups in total. The van der Waals surface area contributed by atoms with Crippen LogP contribution in [0.1, 0.15) is 5.56 Å². The largest absolute Gasteiger partial charge is 0.503 e. The van der Waals surface area contributed by atoms with Crippen molar-refractivity contribution >= 4 is 0 Å². The van der Waals surface area contributed by atoms with E-state index in [0.29, 0.717) is 12.1 Å². The Kier molecular flexibility index (Phi) is 5.07. The first kappa shape index (κ1) is 14.2. The van der Waals surface area contributed by atoms with Crippen LogP contribution in [-0.4, -0.2) is 49.4 Å². The molecule has 106 valence electrons. The zero-order valence-corrected chi connectivity index (χ0v) is 10.7. The number of nitrogens with zero attached hydrogens (tertiary/aromatic N) is 1. The molecule has 2 rings (SSSR count). The summed E-state index contributed by atoms with van der Waals surface area (Å²) in [5.74, 6) is -2.77. The zero-order chi connectivity index (χ0) is 13.7. The molecule has 0 aliphatic carbocycles. The lowest BCUT2D eigenvalue weighted by Crippen LogP contribution is -2.40. The highest BCUT2D eigenvalue weighted by atomic mass is 19.1. The first-order valence-corrected chi connectivity index (χ1v) is 6.34. The smallest absolute Gasteiger partial charge is 0.187 e. The quantitative estimate of drug-likeness (QED) is 0.788. The van der Waals surface area contributed by atoms with E-state index in [1.807, 2.05) is 0 Å². The number of halogens is 2. The Morgan fingerprint density at radius 3 is 2.47 bits per heavy atom.